The summed E-state index contributed by atoms with van der Waals surface area (Å²) in [6, 6.07) is 3.51. The summed E-state index contributed by atoms with van der Waals surface area (Å²) >= 11 is 0. The number of anilines is 1. The number of urea groups is 1. The number of hydrogen-bond donors (Lipinski definition) is 1. The van der Waals surface area contributed by atoms with E-state index in [1.54, 1.807) is 4.90 Å². The van der Waals surface area contributed by atoms with Crippen molar-refractivity contribution in [3.05, 3.63) is 29.8 Å². The van der Waals surface area contributed by atoms with Crippen molar-refractivity contribution in [2.45, 2.75) is 19.0 Å². The number of alkyl halides is 3. The number of nitrogens with one attached hydrogen (secondary N) is 1. The maximum Gasteiger partial charge on any atom is 0.416 e. The number of benzene rings is 1. The molecule has 1 aromatic rings. The molecule has 152 valence electrons. The van der Waals surface area contributed by atoms with Crippen LogP contribution in [0.1, 0.15) is 18.4 Å². The lowest BCUT2D eigenvalue weighted by atomic mass is 10.2. The normalized spacial score (nSPS) is 17.8. The minimum absolute atomic E-state index is 0.00714. The summed E-state index contributed by atoms with van der Waals surface area (Å²) in [5.41, 5.74) is -0.603. The smallest absolute Gasteiger partial charge is 0.341 e. The van der Waals surface area contributed by atoms with Crippen molar-refractivity contribution < 1.29 is 27.6 Å². The Balaban J connectivity index is 1.51. The number of hydrogen-bond acceptors (Lipinski definition) is 3. The van der Waals surface area contributed by atoms with Crippen LogP contribution in [0, 0.1) is 0 Å². The van der Waals surface area contributed by atoms with Gasteiger partial charge in [0.25, 0.3) is 0 Å². The van der Waals surface area contributed by atoms with Gasteiger partial charge in [-0.25, -0.2) is 4.79 Å². The average molecular weight is 398 g/mol. The van der Waals surface area contributed by atoms with Crippen LogP contribution in [-0.4, -0.2) is 71.8 Å². The predicted molar refractivity (Wildman–Crippen MR) is 94.4 cm³/mol. The molecule has 2 fully saturated rings. The number of halogens is 3. The molecule has 4 amide bonds. The zero-order valence-electron chi connectivity index (χ0n) is 15.2. The molecule has 0 spiro atoms. The van der Waals surface area contributed by atoms with Gasteiger partial charge in [-0.1, -0.05) is 0 Å². The van der Waals surface area contributed by atoms with E-state index in [9.17, 15) is 27.6 Å². The van der Waals surface area contributed by atoms with Gasteiger partial charge in [0.1, 0.15) is 6.54 Å². The van der Waals surface area contributed by atoms with Crippen molar-refractivity contribution in [2.75, 3.05) is 44.6 Å². The second kappa shape index (κ2) is 8.07. The van der Waals surface area contributed by atoms with Crippen molar-refractivity contribution in [1.82, 2.24) is 14.7 Å². The lowest BCUT2D eigenvalue weighted by Gasteiger charge is -2.34. The Labute approximate surface area is 160 Å². The lowest BCUT2D eigenvalue weighted by molar-refractivity contribution is -0.142. The molecular formula is C18H21F3N4O3. The average Bonchev–Trinajstić information content (AvgIpc) is 3.18. The first-order valence-electron chi connectivity index (χ1n) is 9.03. The van der Waals surface area contributed by atoms with Gasteiger partial charge >= 0.3 is 12.2 Å². The third-order valence-corrected chi connectivity index (χ3v) is 4.85. The molecule has 0 unspecified atom stereocenters. The summed E-state index contributed by atoms with van der Waals surface area (Å²) < 4.78 is 37.7. The lowest BCUT2D eigenvalue weighted by Crippen LogP contribution is -2.55. The molecule has 10 heteroatoms. The number of carbonyl (C=O) groups excluding carboxylic acids is 3. The molecule has 28 heavy (non-hydrogen) atoms. The van der Waals surface area contributed by atoms with Crippen LogP contribution >= 0.6 is 0 Å². The highest BCUT2D eigenvalue weighted by Gasteiger charge is 2.31. The Morgan fingerprint density at radius 2 is 1.61 bits per heavy atom. The quantitative estimate of drug-likeness (QED) is 0.847. The molecule has 0 radical (unpaired) electrons. The topological polar surface area (TPSA) is 73.0 Å². The van der Waals surface area contributed by atoms with Gasteiger partial charge in [-0.05, 0) is 37.1 Å². The molecule has 2 aliphatic rings. The van der Waals surface area contributed by atoms with E-state index in [0.717, 1.165) is 37.1 Å². The van der Waals surface area contributed by atoms with Crippen LogP contribution in [0.25, 0.3) is 0 Å². The minimum atomic E-state index is -4.45. The number of nitrogens with zero attached hydrogens (tertiary/aromatic N) is 3. The molecule has 2 heterocycles. The number of rotatable bonds is 3. The van der Waals surface area contributed by atoms with Gasteiger partial charge in [-0.15, -0.1) is 0 Å². The van der Waals surface area contributed by atoms with E-state index in [4.69, 9.17) is 0 Å². The highest BCUT2D eigenvalue weighted by Crippen LogP contribution is 2.29. The summed E-state index contributed by atoms with van der Waals surface area (Å²) in [7, 11) is 0. The van der Waals surface area contributed by atoms with Gasteiger partial charge < -0.3 is 20.0 Å². The van der Waals surface area contributed by atoms with Crippen molar-refractivity contribution in [1.29, 1.82) is 0 Å². The van der Waals surface area contributed by atoms with Crippen LogP contribution in [0.5, 0.6) is 0 Å². The van der Waals surface area contributed by atoms with Gasteiger partial charge in [-0.3, -0.25) is 9.59 Å². The van der Waals surface area contributed by atoms with E-state index in [0.29, 0.717) is 13.1 Å². The van der Waals surface area contributed by atoms with Gasteiger partial charge in [0.15, 0.2) is 0 Å². The van der Waals surface area contributed by atoms with E-state index in [1.165, 1.54) is 9.80 Å². The van der Waals surface area contributed by atoms with Crippen LogP contribution in [0.4, 0.5) is 23.7 Å². The number of carbonyl (C=O) groups is 3. The molecule has 0 aliphatic carbocycles. The predicted octanol–water partition coefficient (Wildman–Crippen LogP) is 2.00. The fourth-order valence-corrected chi connectivity index (χ4v) is 3.22. The summed E-state index contributed by atoms with van der Waals surface area (Å²) in [5, 5.41) is 2.48. The molecule has 0 bridgehead atoms. The number of piperazine rings is 1. The first-order valence-corrected chi connectivity index (χ1v) is 9.03. The van der Waals surface area contributed by atoms with Crippen molar-refractivity contribution in [3.63, 3.8) is 0 Å². The summed E-state index contributed by atoms with van der Waals surface area (Å²) in [4.78, 5) is 41.2. The van der Waals surface area contributed by atoms with Crippen LogP contribution in [0.3, 0.4) is 0 Å². The van der Waals surface area contributed by atoms with E-state index in [2.05, 4.69) is 5.32 Å². The zero-order valence-corrected chi connectivity index (χ0v) is 15.2. The molecule has 3 rings (SSSR count). The van der Waals surface area contributed by atoms with Crippen molar-refractivity contribution in [2.24, 2.45) is 0 Å². The Kier molecular flexibility index (Phi) is 5.76. The van der Waals surface area contributed by atoms with Gasteiger partial charge in [0.2, 0.25) is 11.8 Å². The highest BCUT2D eigenvalue weighted by atomic mass is 19.4. The molecule has 2 saturated heterocycles. The van der Waals surface area contributed by atoms with E-state index in [1.807, 2.05) is 0 Å². The van der Waals surface area contributed by atoms with Crippen LogP contribution in [0.2, 0.25) is 0 Å². The second-order valence-electron chi connectivity index (χ2n) is 6.83. The molecule has 7 nitrogen and oxygen atoms in total. The van der Waals surface area contributed by atoms with Gasteiger partial charge in [0.05, 0.1) is 12.1 Å². The Hall–Kier alpha value is -2.78. The first-order chi connectivity index (χ1) is 13.2. The molecule has 0 aromatic heterocycles. The fourth-order valence-electron chi connectivity index (χ4n) is 3.22. The maximum atomic E-state index is 12.6. The third kappa shape index (κ3) is 4.73. The Morgan fingerprint density at radius 3 is 2.18 bits per heavy atom. The molecule has 1 N–H and O–H groups in total. The van der Waals surface area contributed by atoms with Crippen LogP contribution < -0.4 is 5.32 Å². The van der Waals surface area contributed by atoms with Crippen LogP contribution in [-0.2, 0) is 15.8 Å². The summed E-state index contributed by atoms with van der Waals surface area (Å²) in [6.07, 6.45) is -2.51. The largest absolute Gasteiger partial charge is 0.416 e. The number of likely N-dealkylation sites (tertiary alicyclic amines) is 1. The summed E-state index contributed by atoms with van der Waals surface area (Å²) in [6.45, 7) is 1.72. The molecular weight excluding hydrogens is 377 g/mol. The SMILES string of the molecule is O=C(CN1CCN(C(=O)Nc2ccc(C(F)(F)F)cc2)CC1=O)N1CCCC1. The van der Waals surface area contributed by atoms with Crippen molar-refractivity contribution in [3.8, 4) is 0 Å². The first kappa shape index (κ1) is 20.0. The second-order valence-corrected chi connectivity index (χ2v) is 6.83. The molecule has 1 aromatic carbocycles. The molecule has 2 aliphatic heterocycles. The maximum absolute atomic E-state index is 12.6. The highest BCUT2D eigenvalue weighted by molar-refractivity contribution is 5.94. The Morgan fingerprint density at radius 1 is 0.964 bits per heavy atom. The van der Waals surface area contributed by atoms with Gasteiger partial charge in [0, 0.05) is 31.9 Å². The van der Waals surface area contributed by atoms with Crippen LogP contribution in [0.15, 0.2) is 24.3 Å². The van der Waals surface area contributed by atoms with E-state index < -0.39 is 17.8 Å². The standard InChI is InChI=1S/C18H21F3N4O3/c19-18(20,21)13-3-5-14(6-4-13)22-17(28)25-10-9-24(16(27)12-25)11-15(26)23-7-1-2-8-23/h3-6H,1-2,7-12H2,(H,22,28). The third-order valence-electron chi connectivity index (χ3n) is 4.85. The summed E-state index contributed by atoms with van der Waals surface area (Å²) in [5.74, 6) is -0.421. The molecule has 0 atom stereocenters. The number of amides is 4. The van der Waals surface area contributed by atoms with E-state index in [-0.39, 0.29) is 43.7 Å². The van der Waals surface area contributed by atoms with Crippen molar-refractivity contribution >= 4 is 23.5 Å². The van der Waals surface area contributed by atoms with Gasteiger partial charge in [-0.2, -0.15) is 13.2 Å². The molecule has 0 saturated carbocycles. The van der Waals surface area contributed by atoms with E-state index >= 15 is 0 Å². The minimum Gasteiger partial charge on any atom is -0.341 e. The Bertz CT molecular complexity index is 745. The zero-order chi connectivity index (χ0) is 20.3. The fraction of sp³-hybridized carbons (Fsp3) is 0.500. The monoisotopic (exact) mass is 398 g/mol.